The number of carbonyl (C=O) groups is 1. The Balaban J connectivity index is 2.04. The molecule has 0 radical (unpaired) electrons. The minimum absolute atomic E-state index is 0.131. The maximum Gasteiger partial charge on any atom is 0.260 e. The molecule has 0 spiro atoms. The number of amides is 1. The third-order valence-corrected chi connectivity index (χ3v) is 3.34. The number of nitrogens with one attached hydrogen (secondary N) is 1. The molecule has 1 aromatic rings. The third kappa shape index (κ3) is 3.42. The van der Waals surface area contributed by atoms with Crippen molar-refractivity contribution in [2.45, 2.75) is 6.42 Å². The van der Waals surface area contributed by atoms with Gasteiger partial charge in [0.1, 0.15) is 5.56 Å². The van der Waals surface area contributed by atoms with E-state index in [-0.39, 0.29) is 23.6 Å². The molecule has 1 fully saturated rings. The lowest BCUT2D eigenvalue weighted by Crippen LogP contribution is -2.38. The number of pyridine rings is 1. The summed E-state index contributed by atoms with van der Waals surface area (Å²) in [5.41, 5.74) is -0.151. The Kier molecular flexibility index (Phi) is 4.70. The van der Waals surface area contributed by atoms with Crippen molar-refractivity contribution in [1.82, 2.24) is 14.8 Å². The van der Waals surface area contributed by atoms with Crippen molar-refractivity contribution in [3.63, 3.8) is 0 Å². The maximum atomic E-state index is 12.3. The van der Waals surface area contributed by atoms with Crippen molar-refractivity contribution in [3.8, 4) is 0 Å². The zero-order valence-corrected chi connectivity index (χ0v) is 10.8. The van der Waals surface area contributed by atoms with Crippen LogP contribution in [0.5, 0.6) is 0 Å². The molecule has 104 valence electrons. The van der Waals surface area contributed by atoms with Gasteiger partial charge in [0, 0.05) is 32.4 Å². The van der Waals surface area contributed by atoms with Gasteiger partial charge < -0.3 is 15.0 Å². The van der Waals surface area contributed by atoms with Crippen LogP contribution < -0.4 is 5.56 Å². The van der Waals surface area contributed by atoms with Crippen LogP contribution in [0.3, 0.4) is 0 Å². The highest BCUT2D eigenvalue weighted by Crippen LogP contribution is 2.06. The van der Waals surface area contributed by atoms with Crippen LogP contribution in [0.2, 0.25) is 0 Å². The van der Waals surface area contributed by atoms with Crippen molar-refractivity contribution in [3.05, 3.63) is 34.2 Å². The number of aromatic nitrogens is 1. The molecule has 0 aromatic carbocycles. The van der Waals surface area contributed by atoms with Crippen LogP contribution in [0.25, 0.3) is 0 Å². The molecule has 6 nitrogen and oxygen atoms in total. The van der Waals surface area contributed by atoms with E-state index in [9.17, 15) is 9.59 Å². The summed E-state index contributed by atoms with van der Waals surface area (Å²) < 4.78 is 0. The summed E-state index contributed by atoms with van der Waals surface area (Å²) in [7, 11) is 0. The number of hydrogen-bond donors (Lipinski definition) is 2. The number of nitrogens with zero attached hydrogens (tertiary/aromatic N) is 2. The molecule has 2 heterocycles. The van der Waals surface area contributed by atoms with Gasteiger partial charge in [-0.15, -0.1) is 0 Å². The van der Waals surface area contributed by atoms with Crippen molar-refractivity contribution in [1.29, 1.82) is 0 Å². The highest BCUT2D eigenvalue weighted by molar-refractivity contribution is 5.93. The highest BCUT2D eigenvalue weighted by atomic mass is 16.3. The minimum atomic E-state index is -0.344. The van der Waals surface area contributed by atoms with Crippen LogP contribution in [-0.4, -0.2) is 65.1 Å². The predicted molar refractivity (Wildman–Crippen MR) is 71.1 cm³/mol. The van der Waals surface area contributed by atoms with Crippen molar-refractivity contribution in [2.75, 3.05) is 39.3 Å². The number of aromatic amines is 1. The molecule has 1 saturated heterocycles. The number of β-amino-alcohol motifs (C(OH)–C–C–N with tert-alkyl or cyclic N) is 1. The number of H-pyrrole nitrogens is 1. The molecule has 19 heavy (non-hydrogen) atoms. The lowest BCUT2D eigenvalue weighted by Gasteiger charge is -2.21. The molecule has 1 aromatic heterocycles. The molecule has 0 aliphatic carbocycles. The monoisotopic (exact) mass is 265 g/mol. The Bertz CT molecular complexity index is 486. The van der Waals surface area contributed by atoms with Gasteiger partial charge in [-0.25, -0.2) is 0 Å². The number of hydrogen-bond acceptors (Lipinski definition) is 4. The summed E-state index contributed by atoms with van der Waals surface area (Å²) in [6, 6.07) is 3.21. The van der Waals surface area contributed by atoms with Gasteiger partial charge >= 0.3 is 0 Å². The smallest absolute Gasteiger partial charge is 0.260 e. The minimum Gasteiger partial charge on any atom is -0.395 e. The van der Waals surface area contributed by atoms with E-state index in [1.165, 1.54) is 6.20 Å². The number of carbonyl (C=O) groups excluding carboxylic acids is 1. The zero-order valence-electron chi connectivity index (χ0n) is 10.8. The van der Waals surface area contributed by atoms with Gasteiger partial charge in [-0.05, 0) is 25.1 Å². The van der Waals surface area contributed by atoms with Crippen LogP contribution in [-0.2, 0) is 0 Å². The molecular formula is C13H19N3O3. The van der Waals surface area contributed by atoms with Gasteiger partial charge in [-0.2, -0.15) is 0 Å². The Morgan fingerprint density at radius 2 is 2.16 bits per heavy atom. The molecule has 0 bridgehead atoms. The standard InChI is InChI=1S/C13H19N3O3/c17-10-9-15-5-2-6-16(8-7-15)13(19)11-3-1-4-14-12(11)18/h1,3-4,17H,2,5-10H2,(H,14,18). The summed E-state index contributed by atoms with van der Waals surface area (Å²) in [5, 5.41) is 8.93. The van der Waals surface area contributed by atoms with E-state index in [2.05, 4.69) is 9.88 Å². The molecule has 2 N–H and O–H groups in total. The maximum absolute atomic E-state index is 12.3. The molecule has 0 saturated carbocycles. The first kappa shape index (κ1) is 13.8. The van der Waals surface area contributed by atoms with Crippen LogP contribution in [0.1, 0.15) is 16.8 Å². The fourth-order valence-corrected chi connectivity index (χ4v) is 2.30. The van der Waals surface area contributed by atoms with Crippen LogP contribution in [0.4, 0.5) is 0 Å². The largest absolute Gasteiger partial charge is 0.395 e. The number of rotatable bonds is 3. The van der Waals surface area contributed by atoms with E-state index < -0.39 is 0 Å². The summed E-state index contributed by atoms with van der Waals surface area (Å²) in [4.78, 5) is 30.2. The zero-order chi connectivity index (χ0) is 13.7. The summed E-state index contributed by atoms with van der Waals surface area (Å²) in [5.74, 6) is -0.215. The Labute approximate surface area is 111 Å². The van der Waals surface area contributed by atoms with E-state index >= 15 is 0 Å². The molecule has 2 rings (SSSR count). The molecule has 0 unspecified atom stereocenters. The van der Waals surface area contributed by atoms with Crippen LogP contribution in [0.15, 0.2) is 23.1 Å². The van der Waals surface area contributed by atoms with E-state index in [1.54, 1.807) is 17.0 Å². The number of aliphatic hydroxyl groups excluding tert-OH is 1. The van der Waals surface area contributed by atoms with Gasteiger partial charge in [-0.1, -0.05) is 0 Å². The van der Waals surface area contributed by atoms with Crippen molar-refractivity contribution >= 4 is 5.91 Å². The van der Waals surface area contributed by atoms with Crippen LogP contribution >= 0.6 is 0 Å². The van der Waals surface area contributed by atoms with Gasteiger partial charge in [0.05, 0.1) is 6.61 Å². The van der Waals surface area contributed by atoms with Crippen LogP contribution in [0, 0.1) is 0 Å². The first-order chi connectivity index (χ1) is 9.22. The lowest BCUT2D eigenvalue weighted by molar-refractivity contribution is 0.0758. The van der Waals surface area contributed by atoms with Crippen molar-refractivity contribution in [2.24, 2.45) is 0 Å². The van der Waals surface area contributed by atoms with Gasteiger partial charge in [-0.3, -0.25) is 14.5 Å². The first-order valence-corrected chi connectivity index (χ1v) is 6.52. The summed E-state index contributed by atoms with van der Waals surface area (Å²) >= 11 is 0. The molecule has 1 aliphatic heterocycles. The lowest BCUT2D eigenvalue weighted by atomic mass is 10.2. The summed E-state index contributed by atoms with van der Waals surface area (Å²) in [6.45, 7) is 3.61. The molecule has 6 heteroatoms. The van der Waals surface area contributed by atoms with E-state index in [0.717, 1.165) is 19.5 Å². The Hall–Kier alpha value is -1.66. The van der Waals surface area contributed by atoms with Gasteiger partial charge in [0.2, 0.25) is 0 Å². The predicted octanol–water partition coefficient (Wildman–Crippen LogP) is -0.485. The van der Waals surface area contributed by atoms with E-state index in [1.807, 2.05) is 0 Å². The molecule has 1 amide bonds. The second-order valence-corrected chi connectivity index (χ2v) is 4.62. The molecule has 0 atom stereocenters. The fourth-order valence-electron chi connectivity index (χ4n) is 2.30. The Morgan fingerprint density at radius 3 is 2.89 bits per heavy atom. The molecule has 1 aliphatic rings. The fraction of sp³-hybridized carbons (Fsp3) is 0.538. The quantitative estimate of drug-likeness (QED) is 0.773. The third-order valence-electron chi connectivity index (χ3n) is 3.34. The van der Waals surface area contributed by atoms with E-state index in [0.29, 0.717) is 19.6 Å². The SMILES string of the molecule is O=C(c1ccc[nH]c1=O)N1CCCN(CCO)CC1. The van der Waals surface area contributed by atoms with Crippen molar-refractivity contribution < 1.29 is 9.90 Å². The number of aliphatic hydroxyl groups is 1. The van der Waals surface area contributed by atoms with Gasteiger partial charge in [0.25, 0.3) is 11.5 Å². The highest BCUT2D eigenvalue weighted by Gasteiger charge is 2.21. The topological polar surface area (TPSA) is 76.6 Å². The van der Waals surface area contributed by atoms with Gasteiger partial charge in [0.15, 0.2) is 0 Å². The normalized spacial score (nSPS) is 17.2. The first-order valence-electron chi connectivity index (χ1n) is 6.52. The Morgan fingerprint density at radius 1 is 1.32 bits per heavy atom. The second kappa shape index (κ2) is 6.49. The average molecular weight is 265 g/mol. The second-order valence-electron chi connectivity index (χ2n) is 4.62. The summed E-state index contributed by atoms with van der Waals surface area (Å²) in [6.07, 6.45) is 2.38. The average Bonchev–Trinajstić information content (AvgIpc) is 2.65. The molecular weight excluding hydrogens is 246 g/mol. The van der Waals surface area contributed by atoms with E-state index in [4.69, 9.17) is 5.11 Å².